The maximum Gasteiger partial charge on any atom is 0.213 e. The van der Waals surface area contributed by atoms with Crippen molar-refractivity contribution < 1.29 is 9.47 Å². The summed E-state index contributed by atoms with van der Waals surface area (Å²) in [6, 6.07) is 15.1. The van der Waals surface area contributed by atoms with Crippen LogP contribution in [0.2, 0.25) is 0 Å². The van der Waals surface area contributed by atoms with Crippen LogP contribution in [-0.4, -0.2) is 32.9 Å². The highest BCUT2D eigenvalue weighted by molar-refractivity contribution is 5.81. The Bertz CT molecular complexity index is 1080. The van der Waals surface area contributed by atoms with Crippen molar-refractivity contribution >= 4 is 10.9 Å². The molecule has 0 saturated carbocycles. The summed E-state index contributed by atoms with van der Waals surface area (Å²) < 4.78 is 13.2. The number of benzene rings is 1. The lowest BCUT2D eigenvalue weighted by Gasteiger charge is -2.23. The maximum absolute atomic E-state index is 6.22. The van der Waals surface area contributed by atoms with Crippen LogP contribution in [0.15, 0.2) is 67.1 Å². The van der Waals surface area contributed by atoms with E-state index in [0.29, 0.717) is 11.6 Å². The molecule has 0 amide bonds. The lowest BCUT2D eigenvalue weighted by atomic mass is 10.1. The number of hydrogen-bond donors (Lipinski definition) is 1. The van der Waals surface area contributed by atoms with E-state index >= 15 is 0 Å². The molecule has 0 aliphatic heterocycles. The van der Waals surface area contributed by atoms with E-state index in [0.717, 1.165) is 22.3 Å². The molecular weight excluding hydrogens is 354 g/mol. The molecule has 0 saturated heterocycles. The minimum Gasteiger partial charge on any atom is -0.484 e. The molecule has 4 rings (SSSR count). The first-order chi connectivity index (χ1) is 13.7. The number of pyridine rings is 2. The molecule has 2 atom stereocenters. The molecule has 2 N–H and O–H groups in total. The Morgan fingerprint density at radius 2 is 1.93 bits per heavy atom. The molecule has 3 heterocycles. The summed E-state index contributed by atoms with van der Waals surface area (Å²) in [5, 5.41) is 5.41. The Labute approximate surface area is 162 Å². The molecule has 0 aliphatic rings. The van der Waals surface area contributed by atoms with Gasteiger partial charge in [-0.25, -0.2) is 14.6 Å². The summed E-state index contributed by atoms with van der Waals surface area (Å²) >= 11 is 0. The molecule has 0 aliphatic carbocycles. The Morgan fingerprint density at radius 3 is 2.68 bits per heavy atom. The molecule has 142 valence electrons. The van der Waals surface area contributed by atoms with Gasteiger partial charge in [0.2, 0.25) is 5.88 Å². The largest absolute Gasteiger partial charge is 0.484 e. The van der Waals surface area contributed by atoms with Crippen LogP contribution in [0.4, 0.5) is 0 Å². The van der Waals surface area contributed by atoms with E-state index in [4.69, 9.17) is 15.2 Å². The minimum atomic E-state index is -0.333. The van der Waals surface area contributed by atoms with Crippen molar-refractivity contribution in [3.63, 3.8) is 0 Å². The molecular formula is C21H21N5O2. The van der Waals surface area contributed by atoms with Gasteiger partial charge in [-0.1, -0.05) is 6.07 Å². The number of ether oxygens (including phenoxy) is 2. The summed E-state index contributed by atoms with van der Waals surface area (Å²) in [7, 11) is 1.58. The van der Waals surface area contributed by atoms with E-state index in [1.165, 1.54) is 0 Å². The van der Waals surface area contributed by atoms with Crippen molar-refractivity contribution in [1.82, 2.24) is 19.7 Å². The smallest absolute Gasteiger partial charge is 0.213 e. The number of aromatic nitrogens is 4. The Morgan fingerprint density at radius 1 is 1.04 bits per heavy atom. The fourth-order valence-electron chi connectivity index (χ4n) is 3.08. The molecule has 4 aromatic rings. The van der Waals surface area contributed by atoms with Gasteiger partial charge in [0.15, 0.2) is 5.82 Å². The van der Waals surface area contributed by atoms with Crippen molar-refractivity contribution in [2.24, 2.45) is 5.73 Å². The van der Waals surface area contributed by atoms with Crippen molar-refractivity contribution in [3.8, 4) is 17.4 Å². The van der Waals surface area contributed by atoms with Crippen LogP contribution in [0.3, 0.4) is 0 Å². The highest BCUT2D eigenvalue weighted by atomic mass is 16.5. The average Bonchev–Trinajstić information content (AvgIpc) is 3.15. The second kappa shape index (κ2) is 7.66. The molecule has 3 aromatic heterocycles. The van der Waals surface area contributed by atoms with E-state index in [1.807, 2.05) is 55.5 Å². The topological polar surface area (TPSA) is 88.1 Å². The van der Waals surface area contributed by atoms with Crippen molar-refractivity contribution in [3.05, 3.63) is 72.7 Å². The van der Waals surface area contributed by atoms with E-state index in [2.05, 4.69) is 15.1 Å². The SMILES string of the molecule is COc1cc(C(Oc2ccc3c(cnn3-c3ccccn3)c2)C(C)N)ccn1. The van der Waals surface area contributed by atoms with Gasteiger partial charge >= 0.3 is 0 Å². The zero-order valence-corrected chi connectivity index (χ0v) is 15.7. The van der Waals surface area contributed by atoms with Crippen molar-refractivity contribution in [1.29, 1.82) is 0 Å². The number of nitrogens with zero attached hydrogens (tertiary/aromatic N) is 4. The highest BCUT2D eigenvalue weighted by Gasteiger charge is 2.20. The number of methoxy groups -OCH3 is 1. The third-order valence-corrected chi connectivity index (χ3v) is 4.44. The predicted octanol–water partition coefficient (Wildman–Crippen LogP) is 3.29. The van der Waals surface area contributed by atoms with Gasteiger partial charge in [0.25, 0.3) is 0 Å². The van der Waals surface area contributed by atoms with Crippen LogP contribution < -0.4 is 15.2 Å². The van der Waals surface area contributed by atoms with E-state index in [9.17, 15) is 0 Å². The molecule has 0 fully saturated rings. The van der Waals surface area contributed by atoms with Gasteiger partial charge in [0.05, 0.1) is 18.8 Å². The first kappa shape index (κ1) is 17.9. The molecule has 7 nitrogen and oxygen atoms in total. The van der Waals surface area contributed by atoms with Crippen LogP contribution in [0, 0.1) is 0 Å². The van der Waals surface area contributed by atoms with Gasteiger partial charge < -0.3 is 15.2 Å². The lowest BCUT2D eigenvalue weighted by Crippen LogP contribution is -2.29. The monoisotopic (exact) mass is 375 g/mol. The first-order valence-electron chi connectivity index (χ1n) is 8.97. The number of hydrogen-bond acceptors (Lipinski definition) is 6. The normalized spacial score (nSPS) is 13.2. The highest BCUT2D eigenvalue weighted by Crippen LogP contribution is 2.29. The number of fused-ring (bicyclic) bond motifs is 1. The number of rotatable bonds is 6. The van der Waals surface area contributed by atoms with Gasteiger partial charge in [-0.3, -0.25) is 0 Å². The summed E-state index contributed by atoms with van der Waals surface area (Å²) in [6.07, 6.45) is 4.90. The molecule has 2 unspecified atom stereocenters. The zero-order chi connectivity index (χ0) is 19.5. The fraction of sp³-hybridized carbons (Fsp3) is 0.190. The van der Waals surface area contributed by atoms with Crippen LogP contribution in [-0.2, 0) is 0 Å². The van der Waals surface area contributed by atoms with Gasteiger partial charge in [-0.2, -0.15) is 5.10 Å². The molecule has 0 spiro atoms. The third-order valence-electron chi connectivity index (χ3n) is 4.44. The standard InChI is InChI=1S/C21H21N5O2/c1-14(22)21(15-8-10-24-20(12-15)27-2)28-17-6-7-18-16(11-17)13-25-26(18)19-5-3-4-9-23-19/h3-14,21H,22H2,1-2H3. The summed E-state index contributed by atoms with van der Waals surface area (Å²) in [5.74, 6) is 2.01. The van der Waals surface area contributed by atoms with Gasteiger partial charge in [0.1, 0.15) is 11.9 Å². The van der Waals surface area contributed by atoms with Crippen LogP contribution >= 0.6 is 0 Å². The average molecular weight is 375 g/mol. The molecule has 7 heteroatoms. The Kier molecular flexibility index (Phi) is 4.90. The van der Waals surface area contributed by atoms with Crippen molar-refractivity contribution in [2.45, 2.75) is 19.1 Å². The first-order valence-corrected chi connectivity index (χ1v) is 8.97. The van der Waals surface area contributed by atoms with Gasteiger partial charge in [0, 0.05) is 35.5 Å². The van der Waals surface area contributed by atoms with Crippen LogP contribution in [0.25, 0.3) is 16.7 Å². The summed E-state index contributed by atoms with van der Waals surface area (Å²) in [4.78, 5) is 8.50. The lowest BCUT2D eigenvalue weighted by molar-refractivity contribution is 0.180. The van der Waals surface area contributed by atoms with Crippen molar-refractivity contribution in [2.75, 3.05) is 7.11 Å². The fourth-order valence-corrected chi connectivity index (χ4v) is 3.08. The summed E-state index contributed by atoms with van der Waals surface area (Å²) in [6.45, 7) is 1.91. The van der Waals surface area contributed by atoms with Crippen LogP contribution in [0.1, 0.15) is 18.6 Å². The van der Waals surface area contributed by atoms with Crippen LogP contribution in [0.5, 0.6) is 11.6 Å². The van der Waals surface area contributed by atoms with Gasteiger partial charge in [-0.15, -0.1) is 0 Å². The number of nitrogens with two attached hydrogens (primary N) is 1. The second-order valence-electron chi connectivity index (χ2n) is 6.49. The molecule has 0 radical (unpaired) electrons. The minimum absolute atomic E-state index is 0.223. The molecule has 1 aromatic carbocycles. The second-order valence-corrected chi connectivity index (χ2v) is 6.49. The molecule has 28 heavy (non-hydrogen) atoms. The van der Waals surface area contributed by atoms with Gasteiger partial charge in [-0.05, 0) is 43.3 Å². The van der Waals surface area contributed by atoms with E-state index < -0.39 is 0 Å². The quantitative estimate of drug-likeness (QED) is 0.556. The maximum atomic E-state index is 6.22. The van der Waals surface area contributed by atoms with E-state index in [1.54, 1.807) is 30.4 Å². The molecule has 0 bridgehead atoms. The zero-order valence-electron chi connectivity index (χ0n) is 15.7. The van der Waals surface area contributed by atoms with E-state index in [-0.39, 0.29) is 12.1 Å². The Balaban J connectivity index is 1.65. The summed E-state index contributed by atoms with van der Waals surface area (Å²) in [5.41, 5.74) is 8.05. The predicted molar refractivity (Wildman–Crippen MR) is 107 cm³/mol. The third kappa shape index (κ3) is 3.52. The Hall–Kier alpha value is -3.45.